The van der Waals surface area contributed by atoms with E-state index in [1.807, 2.05) is 35.3 Å². The molecule has 12 nitrogen and oxygen atoms in total. The number of aliphatic hydroxyl groups excluding tert-OH is 2. The Bertz CT molecular complexity index is 1240. The first kappa shape index (κ1) is 25.9. The second kappa shape index (κ2) is 11.3. The first-order valence-electron chi connectivity index (χ1n) is 11.3. The van der Waals surface area contributed by atoms with E-state index >= 15 is 0 Å². The van der Waals surface area contributed by atoms with Crippen LogP contribution in [0.5, 0.6) is 0 Å². The van der Waals surface area contributed by atoms with Gasteiger partial charge in [0.15, 0.2) is 17.7 Å². The minimum atomic E-state index is -1.26. The number of fused-ring (bicyclic) bond motifs is 1. The number of nitrogens with zero attached hydrogens (tertiary/aromatic N) is 5. The Morgan fingerprint density at radius 2 is 2.03 bits per heavy atom. The number of hydrogen-bond donors (Lipinski definition) is 5. The van der Waals surface area contributed by atoms with Crippen LogP contribution in [0, 0.1) is 0 Å². The fraction of sp³-hybridized carbons (Fsp3) is 0.391. The largest absolute Gasteiger partial charge is 0.480 e. The summed E-state index contributed by atoms with van der Waals surface area (Å²) >= 11 is 6.21. The van der Waals surface area contributed by atoms with Gasteiger partial charge < -0.3 is 31.5 Å². The zero-order valence-electron chi connectivity index (χ0n) is 19.3. The molecule has 0 unspecified atom stereocenters. The van der Waals surface area contributed by atoms with Crippen molar-refractivity contribution in [3.8, 4) is 0 Å². The van der Waals surface area contributed by atoms with Gasteiger partial charge in [0.25, 0.3) is 0 Å². The van der Waals surface area contributed by atoms with E-state index in [9.17, 15) is 15.0 Å². The number of halogens is 1. The molecule has 1 saturated heterocycles. The maximum absolute atomic E-state index is 11.2. The number of aliphatic carboxylic acids is 1. The molecule has 0 bridgehead atoms. The number of imidazole rings is 1. The molecule has 192 valence electrons. The first-order chi connectivity index (χ1) is 17.3. The molecule has 5 atom stereocenters. The first-order valence-corrected chi connectivity index (χ1v) is 11.7. The van der Waals surface area contributed by atoms with Crippen LogP contribution in [-0.2, 0) is 9.53 Å². The number of nitrogen functional groups attached to an aromatic ring is 1. The van der Waals surface area contributed by atoms with Crippen molar-refractivity contribution in [3.63, 3.8) is 0 Å². The highest BCUT2D eigenvalue weighted by Gasteiger charge is 2.44. The number of hydrogen-bond acceptors (Lipinski definition) is 10. The lowest BCUT2D eigenvalue weighted by molar-refractivity contribution is -0.138. The van der Waals surface area contributed by atoms with Gasteiger partial charge in [-0.05, 0) is 18.1 Å². The van der Waals surface area contributed by atoms with E-state index in [4.69, 9.17) is 32.9 Å². The molecule has 13 heteroatoms. The lowest BCUT2D eigenvalue weighted by atomic mass is 10.1. The Morgan fingerprint density at radius 1 is 1.25 bits per heavy atom. The zero-order chi connectivity index (χ0) is 25.8. The summed E-state index contributed by atoms with van der Waals surface area (Å²) in [4.78, 5) is 25.4. The van der Waals surface area contributed by atoms with E-state index in [1.165, 1.54) is 17.2 Å². The topological polar surface area (TPSA) is 186 Å². The molecule has 1 aliphatic heterocycles. The summed E-state index contributed by atoms with van der Waals surface area (Å²) in [6.07, 6.45) is 2.43. The van der Waals surface area contributed by atoms with Crippen molar-refractivity contribution in [2.75, 3.05) is 25.4 Å². The van der Waals surface area contributed by atoms with E-state index in [-0.39, 0.29) is 18.8 Å². The highest BCUT2D eigenvalue weighted by molar-refractivity contribution is 6.32. The van der Waals surface area contributed by atoms with Crippen LogP contribution in [0.1, 0.15) is 18.2 Å². The summed E-state index contributed by atoms with van der Waals surface area (Å²) in [5.41, 5.74) is 13.1. The van der Waals surface area contributed by atoms with Crippen LogP contribution in [0.4, 0.5) is 5.82 Å². The second-order valence-electron chi connectivity index (χ2n) is 8.55. The van der Waals surface area contributed by atoms with Crippen molar-refractivity contribution < 1.29 is 24.9 Å². The number of nitrogens with two attached hydrogens (primary N) is 2. The van der Waals surface area contributed by atoms with Crippen LogP contribution in [0.2, 0.25) is 5.02 Å². The third-order valence-corrected chi connectivity index (χ3v) is 6.42. The predicted octanol–water partition coefficient (Wildman–Crippen LogP) is 0.499. The Hall–Kier alpha value is -3.13. The number of benzene rings is 1. The molecule has 0 aliphatic carbocycles. The fourth-order valence-electron chi connectivity index (χ4n) is 4.06. The van der Waals surface area contributed by atoms with Crippen molar-refractivity contribution in [2.45, 2.75) is 37.0 Å². The molecule has 3 aromatic rings. The molecule has 0 amide bonds. The number of carboxylic acid groups (broad SMARTS) is 1. The van der Waals surface area contributed by atoms with Crippen LogP contribution >= 0.6 is 11.6 Å². The Kier molecular flexibility index (Phi) is 8.14. The van der Waals surface area contributed by atoms with E-state index in [0.29, 0.717) is 29.3 Å². The summed E-state index contributed by atoms with van der Waals surface area (Å²) in [6, 6.07) is 6.34. The van der Waals surface area contributed by atoms with Gasteiger partial charge in [0.1, 0.15) is 36.2 Å². The maximum Gasteiger partial charge on any atom is 0.320 e. The van der Waals surface area contributed by atoms with Gasteiger partial charge in [0.2, 0.25) is 0 Å². The lowest BCUT2D eigenvalue weighted by Gasteiger charge is -2.26. The summed E-state index contributed by atoms with van der Waals surface area (Å²) in [5, 5.41) is 31.3. The molecule has 1 aliphatic rings. The van der Waals surface area contributed by atoms with Gasteiger partial charge in [0, 0.05) is 24.7 Å². The molecule has 2 aromatic heterocycles. The Labute approximate surface area is 211 Å². The van der Waals surface area contributed by atoms with Crippen LogP contribution in [0.3, 0.4) is 0 Å². The Balaban J connectivity index is 1.49. The summed E-state index contributed by atoms with van der Waals surface area (Å²) in [5.74, 6) is -0.906. The van der Waals surface area contributed by atoms with Crippen LogP contribution < -0.4 is 11.5 Å². The molecular formula is C23H28ClN7O5. The zero-order valence-corrected chi connectivity index (χ0v) is 20.0. The number of ether oxygens (including phenoxy) is 1. The molecule has 0 radical (unpaired) electrons. The SMILES string of the molecule is Nc1ncnc2c1ncn2[C@@H]1O[C@H](CN(C/C=C/c2ccccc2Cl)CC[C@H](N)C(=O)O)[C@@H](O)[C@H]1O. The molecule has 36 heavy (non-hydrogen) atoms. The molecule has 7 N–H and O–H groups in total. The van der Waals surface area contributed by atoms with Crippen molar-refractivity contribution in [1.29, 1.82) is 0 Å². The summed E-state index contributed by atoms with van der Waals surface area (Å²) in [7, 11) is 0. The fourth-order valence-corrected chi connectivity index (χ4v) is 4.26. The average molecular weight is 518 g/mol. The summed E-state index contributed by atoms with van der Waals surface area (Å²) in [6.45, 7) is 0.936. The highest BCUT2D eigenvalue weighted by Crippen LogP contribution is 2.32. The molecule has 1 fully saturated rings. The maximum atomic E-state index is 11.2. The smallest absolute Gasteiger partial charge is 0.320 e. The number of carboxylic acids is 1. The molecule has 0 spiro atoms. The van der Waals surface area contributed by atoms with E-state index < -0.39 is 36.6 Å². The van der Waals surface area contributed by atoms with Crippen LogP contribution in [0.15, 0.2) is 43.0 Å². The number of aromatic nitrogens is 4. The van der Waals surface area contributed by atoms with Gasteiger partial charge in [-0.15, -0.1) is 0 Å². The molecule has 3 heterocycles. The number of aliphatic hydroxyl groups is 2. The van der Waals surface area contributed by atoms with Crippen molar-refractivity contribution >= 4 is 40.6 Å². The average Bonchev–Trinajstić information content (AvgIpc) is 3.40. The minimum Gasteiger partial charge on any atom is -0.480 e. The highest BCUT2D eigenvalue weighted by atomic mass is 35.5. The molecule has 1 aromatic carbocycles. The van der Waals surface area contributed by atoms with Crippen molar-refractivity contribution in [1.82, 2.24) is 24.4 Å². The third kappa shape index (κ3) is 5.64. The normalized spacial score (nSPS) is 23.1. The van der Waals surface area contributed by atoms with Gasteiger partial charge in [-0.2, -0.15) is 0 Å². The van der Waals surface area contributed by atoms with E-state index in [2.05, 4.69) is 15.0 Å². The van der Waals surface area contributed by atoms with Crippen LogP contribution in [0.25, 0.3) is 17.2 Å². The minimum absolute atomic E-state index is 0.187. The molecule has 0 saturated carbocycles. The van der Waals surface area contributed by atoms with E-state index in [1.54, 1.807) is 6.07 Å². The second-order valence-corrected chi connectivity index (χ2v) is 8.95. The lowest BCUT2D eigenvalue weighted by Crippen LogP contribution is -2.42. The molecule has 4 rings (SSSR count). The third-order valence-electron chi connectivity index (χ3n) is 6.08. The van der Waals surface area contributed by atoms with Crippen LogP contribution in [-0.4, -0.2) is 89.7 Å². The van der Waals surface area contributed by atoms with Gasteiger partial charge in [-0.25, -0.2) is 15.0 Å². The van der Waals surface area contributed by atoms with Gasteiger partial charge >= 0.3 is 5.97 Å². The monoisotopic (exact) mass is 517 g/mol. The number of rotatable bonds is 10. The van der Waals surface area contributed by atoms with Crippen molar-refractivity contribution in [3.05, 3.63) is 53.6 Å². The number of carbonyl (C=O) groups is 1. The van der Waals surface area contributed by atoms with Crippen molar-refractivity contribution in [2.24, 2.45) is 5.73 Å². The van der Waals surface area contributed by atoms with Gasteiger partial charge in [-0.1, -0.05) is 42.0 Å². The van der Waals surface area contributed by atoms with Gasteiger partial charge in [0.05, 0.1) is 6.33 Å². The Morgan fingerprint density at radius 3 is 2.78 bits per heavy atom. The standard InChI is InChI=1S/C23H28ClN7O5/c24-14-6-2-1-4-13(14)5-3-8-30(9-7-15(25)23(34)35)10-16-18(32)19(33)22(36-16)31-12-29-17-20(26)27-11-28-21(17)31/h1-6,11-12,15-16,18-19,22,32-33H,7-10,25H2,(H,34,35)(H2,26,27,28)/b5-3+/t15-,16+,18+,19+,22+/m0/s1. The van der Waals surface area contributed by atoms with Gasteiger partial charge in [-0.3, -0.25) is 14.3 Å². The quantitative estimate of drug-likeness (QED) is 0.252. The van der Waals surface area contributed by atoms with E-state index in [0.717, 1.165) is 5.56 Å². The predicted molar refractivity (Wildman–Crippen MR) is 133 cm³/mol. The molecular weight excluding hydrogens is 490 g/mol. The number of anilines is 1. The summed E-state index contributed by atoms with van der Waals surface area (Å²) < 4.78 is 7.54.